The molecule has 0 fully saturated rings. The maximum atomic E-state index is 13.6. The summed E-state index contributed by atoms with van der Waals surface area (Å²) >= 11 is 3.09. The zero-order valence-corrected chi connectivity index (χ0v) is 9.93. The molecule has 0 heterocycles. The minimum absolute atomic E-state index is 0.266. The number of carboxylic acid groups (broad SMARTS) is 1. The molecule has 1 atom stereocenters. The maximum Gasteiger partial charge on any atom is 0.325 e. The van der Waals surface area contributed by atoms with Gasteiger partial charge < -0.3 is 10.8 Å². The second-order valence-corrected chi connectivity index (χ2v) is 4.14. The van der Waals surface area contributed by atoms with Crippen LogP contribution in [-0.2, 0) is 4.79 Å². The van der Waals surface area contributed by atoms with E-state index in [-0.39, 0.29) is 5.56 Å². The average molecular weight is 276 g/mol. The van der Waals surface area contributed by atoms with Crippen LogP contribution >= 0.6 is 15.9 Å². The Morgan fingerprint density at radius 3 is 2.60 bits per heavy atom. The third-order valence-electron chi connectivity index (χ3n) is 2.27. The lowest BCUT2D eigenvalue weighted by molar-refractivity contribution is -0.138. The lowest BCUT2D eigenvalue weighted by Crippen LogP contribution is -2.22. The lowest BCUT2D eigenvalue weighted by Gasteiger charge is -2.13. The number of benzene rings is 1. The van der Waals surface area contributed by atoms with Crippen molar-refractivity contribution < 1.29 is 14.3 Å². The van der Waals surface area contributed by atoms with Gasteiger partial charge in [0.25, 0.3) is 0 Å². The second-order valence-electron chi connectivity index (χ2n) is 3.35. The molecule has 3 N–H and O–H groups in total. The summed E-state index contributed by atoms with van der Waals surface area (Å²) in [5, 5.41) is 8.75. The molecule has 5 heteroatoms. The van der Waals surface area contributed by atoms with Crippen LogP contribution in [0, 0.1) is 19.7 Å². The Labute approximate surface area is 95.2 Å². The molecule has 0 radical (unpaired) electrons. The van der Waals surface area contributed by atoms with Gasteiger partial charge in [-0.3, -0.25) is 4.79 Å². The topological polar surface area (TPSA) is 63.3 Å². The first-order chi connectivity index (χ1) is 6.86. The summed E-state index contributed by atoms with van der Waals surface area (Å²) in [6.45, 7) is 3.20. The van der Waals surface area contributed by atoms with Crippen molar-refractivity contribution in [3.05, 3.63) is 33.0 Å². The van der Waals surface area contributed by atoms with E-state index in [1.54, 1.807) is 13.0 Å². The van der Waals surface area contributed by atoms with E-state index in [0.29, 0.717) is 15.6 Å². The molecule has 1 rings (SSSR count). The molecule has 0 aromatic heterocycles. The van der Waals surface area contributed by atoms with Crippen molar-refractivity contribution in [1.82, 2.24) is 0 Å². The van der Waals surface area contributed by atoms with E-state index in [4.69, 9.17) is 10.8 Å². The summed E-state index contributed by atoms with van der Waals surface area (Å²) in [6, 6.07) is 0.396. The van der Waals surface area contributed by atoms with Crippen molar-refractivity contribution in [2.75, 3.05) is 0 Å². The van der Waals surface area contributed by atoms with Gasteiger partial charge >= 0.3 is 5.97 Å². The van der Waals surface area contributed by atoms with Crippen molar-refractivity contribution in [2.24, 2.45) is 5.73 Å². The SMILES string of the molecule is Cc1cc(C(N)C(=O)O)c(C)c(F)c1Br. The summed E-state index contributed by atoms with van der Waals surface area (Å²) in [5.74, 6) is -1.62. The van der Waals surface area contributed by atoms with Crippen molar-refractivity contribution in [1.29, 1.82) is 0 Å². The van der Waals surface area contributed by atoms with Gasteiger partial charge in [-0.05, 0) is 46.5 Å². The standard InChI is InChI=1S/C10H11BrFNO2/c1-4-3-6(9(13)10(14)15)5(2)8(12)7(4)11/h3,9H,13H2,1-2H3,(H,14,15). The predicted molar refractivity (Wildman–Crippen MR) is 58.1 cm³/mol. The van der Waals surface area contributed by atoms with E-state index in [9.17, 15) is 9.18 Å². The van der Waals surface area contributed by atoms with E-state index < -0.39 is 17.8 Å². The van der Waals surface area contributed by atoms with E-state index in [1.807, 2.05) is 0 Å². The van der Waals surface area contributed by atoms with Crippen LogP contribution < -0.4 is 5.73 Å². The highest BCUT2D eigenvalue weighted by Crippen LogP contribution is 2.28. The largest absolute Gasteiger partial charge is 0.480 e. The van der Waals surface area contributed by atoms with E-state index >= 15 is 0 Å². The fourth-order valence-corrected chi connectivity index (χ4v) is 1.74. The Kier molecular flexibility index (Phi) is 3.46. The quantitative estimate of drug-likeness (QED) is 0.871. The molecular formula is C10H11BrFNO2. The van der Waals surface area contributed by atoms with Crippen LogP contribution in [0.4, 0.5) is 4.39 Å². The normalized spacial score (nSPS) is 12.6. The molecule has 1 aromatic carbocycles. The summed E-state index contributed by atoms with van der Waals surface area (Å²) in [6.07, 6.45) is 0. The van der Waals surface area contributed by atoms with Crippen LogP contribution in [0.15, 0.2) is 10.5 Å². The van der Waals surface area contributed by atoms with E-state index in [1.165, 1.54) is 6.92 Å². The number of aliphatic carboxylic acids is 1. The van der Waals surface area contributed by atoms with E-state index in [0.717, 1.165) is 0 Å². The van der Waals surface area contributed by atoms with Crippen LogP contribution in [0.1, 0.15) is 22.7 Å². The van der Waals surface area contributed by atoms with Gasteiger partial charge in [0.15, 0.2) is 0 Å². The highest BCUT2D eigenvalue weighted by atomic mass is 79.9. The zero-order chi connectivity index (χ0) is 11.7. The number of nitrogens with two attached hydrogens (primary N) is 1. The first-order valence-corrected chi connectivity index (χ1v) is 5.09. The van der Waals surface area contributed by atoms with Crippen LogP contribution in [-0.4, -0.2) is 11.1 Å². The van der Waals surface area contributed by atoms with Gasteiger partial charge in [-0.15, -0.1) is 0 Å². The number of halogens is 2. The van der Waals surface area contributed by atoms with Gasteiger partial charge in [0, 0.05) is 0 Å². The highest BCUT2D eigenvalue weighted by Gasteiger charge is 2.20. The van der Waals surface area contributed by atoms with Gasteiger partial charge in [0.05, 0.1) is 4.47 Å². The molecule has 0 bridgehead atoms. The van der Waals surface area contributed by atoms with E-state index in [2.05, 4.69) is 15.9 Å². The lowest BCUT2D eigenvalue weighted by atomic mass is 9.99. The molecular weight excluding hydrogens is 265 g/mol. The van der Waals surface area contributed by atoms with Crippen molar-refractivity contribution in [3.63, 3.8) is 0 Å². The second kappa shape index (κ2) is 4.28. The van der Waals surface area contributed by atoms with Crippen molar-refractivity contribution in [3.8, 4) is 0 Å². The fourth-order valence-electron chi connectivity index (χ4n) is 1.33. The average Bonchev–Trinajstić information content (AvgIpc) is 2.19. The Bertz CT molecular complexity index is 420. The zero-order valence-electron chi connectivity index (χ0n) is 8.34. The molecule has 0 amide bonds. The molecule has 0 aliphatic carbocycles. The fraction of sp³-hybridized carbons (Fsp3) is 0.300. The van der Waals surface area contributed by atoms with Gasteiger partial charge in [-0.2, -0.15) is 0 Å². The minimum atomic E-state index is -1.19. The minimum Gasteiger partial charge on any atom is -0.480 e. The molecule has 82 valence electrons. The Morgan fingerprint density at radius 1 is 1.60 bits per heavy atom. The monoisotopic (exact) mass is 275 g/mol. The molecule has 3 nitrogen and oxygen atoms in total. The highest BCUT2D eigenvalue weighted by molar-refractivity contribution is 9.10. The number of hydrogen-bond donors (Lipinski definition) is 2. The van der Waals surface area contributed by atoms with Gasteiger partial charge in [0.1, 0.15) is 11.9 Å². The molecule has 0 aliphatic heterocycles. The molecule has 1 aromatic rings. The van der Waals surface area contributed by atoms with Gasteiger partial charge in [-0.25, -0.2) is 4.39 Å². The smallest absolute Gasteiger partial charge is 0.325 e. The molecule has 0 saturated heterocycles. The maximum absolute atomic E-state index is 13.6. The van der Waals surface area contributed by atoms with Gasteiger partial charge in [-0.1, -0.05) is 6.07 Å². The third-order valence-corrected chi connectivity index (χ3v) is 3.25. The van der Waals surface area contributed by atoms with Crippen LogP contribution in [0.25, 0.3) is 0 Å². The van der Waals surface area contributed by atoms with Crippen LogP contribution in [0.2, 0.25) is 0 Å². The predicted octanol–water partition coefficient (Wildman–Crippen LogP) is 2.29. The Morgan fingerprint density at radius 2 is 2.13 bits per heavy atom. The third kappa shape index (κ3) is 2.18. The summed E-state index contributed by atoms with van der Waals surface area (Å²) in [7, 11) is 0. The van der Waals surface area contributed by atoms with Crippen molar-refractivity contribution in [2.45, 2.75) is 19.9 Å². The number of aryl methyl sites for hydroxylation is 1. The molecule has 0 saturated carbocycles. The van der Waals surface area contributed by atoms with Crippen LogP contribution in [0.5, 0.6) is 0 Å². The molecule has 0 spiro atoms. The Hall–Kier alpha value is -0.940. The number of hydrogen-bond acceptors (Lipinski definition) is 2. The molecule has 1 unspecified atom stereocenters. The Balaban J connectivity index is 3.38. The summed E-state index contributed by atoms with van der Waals surface area (Å²) < 4.78 is 13.9. The molecule has 0 aliphatic rings. The molecule has 15 heavy (non-hydrogen) atoms. The number of carbonyl (C=O) groups is 1. The van der Waals surface area contributed by atoms with Gasteiger partial charge in [0.2, 0.25) is 0 Å². The first-order valence-electron chi connectivity index (χ1n) is 4.29. The first kappa shape index (κ1) is 12.1. The van der Waals surface area contributed by atoms with Crippen molar-refractivity contribution >= 4 is 21.9 Å². The number of carboxylic acids is 1. The summed E-state index contributed by atoms with van der Waals surface area (Å²) in [5.41, 5.74) is 6.65. The number of rotatable bonds is 2. The van der Waals surface area contributed by atoms with Crippen LogP contribution in [0.3, 0.4) is 0 Å². The summed E-state index contributed by atoms with van der Waals surface area (Å²) in [4.78, 5) is 10.7.